The molecule has 0 amide bonds. The molecule has 2 unspecified atom stereocenters. The van der Waals surface area contributed by atoms with Gasteiger partial charge in [0.2, 0.25) is 0 Å². The van der Waals surface area contributed by atoms with Crippen LogP contribution in [0.15, 0.2) is 24.3 Å². The number of hydrogen-bond acceptors (Lipinski definition) is 3. The summed E-state index contributed by atoms with van der Waals surface area (Å²) in [5.74, 6) is -0.174. The minimum absolute atomic E-state index is 0.0704. The van der Waals surface area contributed by atoms with Gasteiger partial charge in [0.05, 0.1) is 6.10 Å². The van der Waals surface area contributed by atoms with Crippen molar-refractivity contribution in [1.29, 1.82) is 0 Å². The van der Waals surface area contributed by atoms with Crippen LogP contribution < -0.4 is 10.1 Å². The minimum Gasteiger partial charge on any atom is -0.491 e. The van der Waals surface area contributed by atoms with Gasteiger partial charge in [0.1, 0.15) is 11.8 Å². The summed E-state index contributed by atoms with van der Waals surface area (Å²) in [5, 5.41) is 12.4. The van der Waals surface area contributed by atoms with Crippen LogP contribution in [0, 0.1) is 0 Å². The van der Waals surface area contributed by atoms with Gasteiger partial charge in [-0.1, -0.05) is 19.1 Å². The van der Waals surface area contributed by atoms with E-state index < -0.39 is 12.0 Å². The van der Waals surface area contributed by atoms with Gasteiger partial charge in [-0.05, 0) is 44.9 Å². The van der Waals surface area contributed by atoms with Crippen LogP contribution >= 0.6 is 0 Å². The quantitative estimate of drug-likeness (QED) is 0.795. The molecule has 2 N–H and O–H groups in total. The summed E-state index contributed by atoms with van der Waals surface area (Å²) in [6, 6.07) is 6.70. The van der Waals surface area contributed by atoms with Gasteiger partial charge in [0, 0.05) is 6.04 Å². The summed E-state index contributed by atoms with van der Waals surface area (Å²) in [5.41, 5.74) is 0.714. The van der Waals surface area contributed by atoms with Gasteiger partial charge in [-0.2, -0.15) is 0 Å². The van der Waals surface area contributed by atoms with Gasteiger partial charge in [-0.25, -0.2) is 0 Å². The summed E-state index contributed by atoms with van der Waals surface area (Å²) >= 11 is 0. The lowest BCUT2D eigenvalue weighted by atomic mass is 10.1. The molecular weight excluding hydrogens is 242 g/mol. The van der Waals surface area contributed by atoms with Gasteiger partial charge >= 0.3 is 5.97 Å². The number of carbonyl (C=O) groups is 1. The van der Waals surface area contributed by atoms with Crippen molar-refractivity contribution in [3.63, 3.8) is 0 Å². The second kappa shape index (κ2) is 7.14. The first-order valence-electron chi connectivity index (χ1n) is 6.69. The van der Waals surface area contributed by atoms with E-state index in [1.54, 1.807) is 12.1 Å². The first kappa shape index (κ1) is 15.5. The predicted molar refractivity (Wildman–Crippen MR) is 75.5 cm³/mol. The fourth-order valence-corrected chi connectivity index (χ4v) is 1.75. The summed E-state index contributed by atoms with van der Waals surface area (Å²) in [6.07, 6.45) is 0.951. The van der Waals surface area contributed by atoms with Crippen molar-refractivity contribution >= 4 is 5.97 Å². The zero-order chi connectivity index (χ0) is 14.4. The fourth-order valence-electron chi connectivity index (χ4n) is 1.75. The maximum Gasteiger partial charge on any atom is 0.325 e. The number of carboxylic acids is 1. The Morgan fingerprint density at radius 1 is 1.37 bits per heavy atom. The third kappa shape index (κ3) is 4.91. The number of aliphatic carboxylic acids is 1. The van der Waals surface area contributed by atoms with Crippen LogP contribution in [0.2, 0.25) is 0 Å². The van der Waals surface area contributed by atoms with E-state index in [0.717, 1.165) is 6.42 Å². The first-order valence-corrected chi connectivity index (χ1v) is 6.69. The van der Waals surface area contributed by atoms with E-state index in [2.05, 4.69) is 5.32 Å². The molecule has 0 aliphatic rings. The van der Waals surface area contributed by atoms with Crippen LogP contribution in [0.4, 0.5) is 0 Å². The fraction of sp³-hybridized carbons (Fsp3) is 0.533. The Bertz CT molecular complexity index is 418. The molecule has 2 atom stereocenters. The van der Waals surface area contributed by atoms with E-state index in [1.165, 1.54) is 0 Å². The highest BCUT2D eigenvalue weighted by molar-refractivity contribution is 5.75. The summed E-state index contributed by atoms with van der Waals surface area (Å²) in [7, 11) is 0. The SMILES string of the molecule is CCC(C)NC(C(=O)O)c1cccc(OC(C)C)c1. The van der Waals surface area contributed by atoms with Crippen molar-refractivity contribution in [2.45, 2.75) is 52.3 Å². The smallest absolute Gasteiger partial charge is 0.325 e. The van der Waals surface area contributed by atoms with Crippen LogP contribution in [0.3, 0.4) is 0 Å². The number of benzene rings is 1. The number of carboxylic acid groups (broad SMARTS) is 1. The molecule has 106 valence electrons. The van der Waals surface area contributed by atoms with Crippen LogP contribution in [0.5, 0.6) is 5.75 Å². The Kier molecular flexibility index (Phi) is 5.83. The molecule has 19 heavy (non-hydrogen) atoms. The van der Waals surface area contributed by atoms with Gasteiger partial charge in [0.15, 0.2) is 0 Å². The van der Waals surface area contributed by atoms with Crippen LogP contribution in [-0.2, 0) is 4.79 Å². The normalized spacial score (nSPS) is 14.2. The summed E-state index contributed by atoms with van der Waals surface area (Å²) < 4.78 is 5.60. The van der Waals surface area contributed by atoms with Crippen LogP contribution in [0.1, 0.15) is 45.7 Å². The average molecular weight is 265 g/mol. The van der Waals surface area contributed by atoms with E-state index in [4.69, 9.17) is 4.74 Å². The number of hydrogen-bond donors (Lipinski definition) is 2. The van der Waals surface area contributed by atoms with E-state index in [1.807, 2.05) is 39.8 Å². The van der Waals surface area contributed by atoms with E-state index in [0.29, 0.717) is 11.3 Å². The Hall–Kier alpha value is -1.55. The second-order valence-corrected chi connectivity index (χ2v) is 4.99. The summed E-state index contributed by atoms with van der Waals surface area (Å²) in [6.45, 7) is 7.89. The largest absolute Gasteiger partial charge is 0.491 e. The number of nitrogens with one attached hydrogen (secondary N) is 1. The van der Waals surface area contributed by atoms with Gasteiger partial charge in [-0.15, -0.1) is 0 Å². The molecule has 4 nitrogen and oxygen atoms in total. The van der Waals surface area contributed by atoms with E-state index >= 15 is 0 Å². The van der Waals surface area contributed by atoms with Gasteiger partial charge < -0.3 is 9.84 Å². The standard InChI is InChI=1S/C15H23NO3/c1-5-11(4)16-14(15(17)18)12-7-6-8-13(9-12)19-10(2)3/h6-11,14,16H,5H2,1-4H3,(H,17,18). The molecule has 0 saturated heterocycles. The summed E-state index contributed by atoms with van der Waals surface area (Å²) in [4.78, 5) is 11.4. The maximum absolute atomic E-state index is 11.4. The van der Waals surface area contributed by atoms with Crippen molar-refractivity contribution in [2.24, 2.45) is 0 Å². The minimum atomic E-state index is -0.873. The molecule has 1 aromatic carbocycles. The Morgan fingerprint density at radius 2 is 2.05 bits per heavy atom. The van der Waals surface area contributed by atoms with Crippen LogP contribution in [-0.4, -0.2) is 23.2 Å². The highest BCUT2D eigenvalue weighted by Gasteiger charge is 2.21. The molecule has 0 saturated carbocycles. The van der Waals surface area contributed by atoms with Crippen molar-refractivity contribution in [3.05, 3.63) is 29.8 Å². The van der Waals surface area contributed by atoms with Crippen molar-refractivity contribution in [2.75, 3.05) is 0 Å². The molecule has 0 heterocycles. The van der Waals surface area contributed by atoms with E-state index in [9.17, 15) is 9.90 Å². The third-order valence-corrected chi connectivity index (χ3v) is 2.87. The molecule has 1 aromatic rings. The van der Waals surface area contributed by atoms with Gasteiger partial charge in [-0.3, -0.25) is 10.1 Å². The van der Waals surface area contributed by atoms with Crippen molar-refractivity contribution in [1.82, 2.24) is 5.32 Å². The molecule has 0 aliphatic heterocycles. The lowest BCUT2D eigenvalue weighted by Gasteiger charge is -2.20. The highest BCUT2D eigenvalue weighted by Crippen LogP contribution is 2.21. The number of ether oxygens (including phenoxy) is 1. The lowest BCUT2D eigenvalue weighted by Crippen LogP contribution is -2.34. The zero-order valence-corrected chi connectivity index (χ0v) is 12.0. The number of rotatable bonds is 7. The van der Waals surface area contributed by atoms with Crippen molar-refractivity contribution < 1.29 is 14.6 Å². The molecule has 0 aliphatic carbocycles. The topological polar surface area (TPSA) is 58.6 Å². The monoisotopic (exact) mass is 265 g/mol. The van der Waals surface area contributed by atoms with Crippen molar-refractivity contribution in [3.8, 4) is 5.75 Å². The van der Waals surface area contributed by atoms with Gasteiger partial charge in [0.25, 0.3) is 0 Å². The molecular formula is C15H23NO3. The van der Waals surface area contributed by atoms with Crippen LogP contribution in [0.25, 0.3) is 0 Å². The average Bonchev–Trinajstić information content (AvgIpc) is 2.34. The Morgan fingerprint density at radius 3 is 2.58 bits per heavy atom. The molecule has 1 rings (SSSR count). The molecule has 0 aromatic heterocycles. The Balaban J connectivity index is 2.92. The predicted octanol–water partition coefficient (Wildman–Crippen LogP) is 2.99. The molecule has 0 spiro atoms. The molecule has 0 bridgehead atoms. The molecule has 4 heteroatoms. The molecule has 0 radical (unpaired) electrons. The lowest BCUT2D eigenvalue weighted by molar-refractivity contribution is -0.139. The zero-order valence-electron chi connectivity index (χ0n) is 12.0. The highest BCUT2D eigenvalue weighted by atomic mass is 16.5. The van der Waals surface area contributed by atoms with E-state index in [-0.39, 0.29) is 12.1 Å². The Labute approximate surface area is 114 Å². The maximum atomic E-state index is 11.4. The first-order chi connectivity index (χ1) is 8.93. The second-order valence-electron chi connectivity index (χ2n) is 4.99. The third-order valence-electron chi connectivity index (χ3n) is 2.87. The molecule has 0 fully saturated rings.